The van der Waals surface area contributed by atoms with Crippen LogP contribution < -0.4 is 10.5 Å². The van der Waals surface area contributed by atoms with Gasteiger partial charge in [-0.05, 0) is 33.7 Å². The number of aromatic nitrogens is 1. The maximum atomic E-state index is 11.0. The number of hydrogen-bond acceptors (Lipinski definition) is 6. The van der Waals surface area contributed by atoms with Crippen LogP contribution in [0, 0.1) is 10.1 Å². The van der Waals surface area contributed by atoms with Crippen molar-refractivity contribution in [1.82, 2.24) is 4.98 Å². The summed E-state index contributed by atoms with van der Waals surface area (Å²) in [6.45, 7) is 0.155. The van der Waals surface area contributed by atoms with Gasteiger partial charge >= 0.3 is 5.82 Å². The van der Waals surface area contributed by atoms with Crippen LogP contribution in [0.15, 0.2) is 47.2 Å². The highest BCUT2D eigenvalue weighted by molar-refractivity contribution is 5.85. The lowest BCUT2D eigenvalue weighted by molar-refractivity contribution is -0.390. The molecule has 1 aromatic carbocycles. The van der Waals surface area contributed by atoms with E-state index in [1.807, 2.05) is 0 Å². The first-order valence-electron chi connectivity index (χ1n) is 6.13. The third-order valence-electron chi connectivity index (χ3n) is 2.97. The normalized spacial score (nSPS) is 10.7. The molecule has 7 heteroatoms. The van der Waals surface area contributed by atoms with Crippen LogP contribution in [0.2, 0.25) is 0 Å². The van der Waals surface area contributed by atoms with E-state index in [0.29, 0.717) is 16.7 Å². The maximum Gasteiger partial charge on any atom is 0.410 e. The van der Waals surface area contributed by atoms with Crippen molar-refractivity contribution in [2.24, 2.45) is 0 Å². The molecule has 2 N–H and O–H groups in total. The van der Waals surface area contributed by atoms with E-state index in [0.717, 1.165) is 5.56 Å². The Bertz CT molecular complexity index is 796. The van der Waals surface area contributed by atoms with Crippen LogP contribution in [0.25, 0.3) is 11.0 Å². The molecule has 0 saturated carbocycles. The van der Waals surface area contributed by atoms with Crippen LogP contribution >= 0.6 is 0 Å². The Morgan fingerprint density at radius 3 is 2.76 bits per heavy atom. The number of fused-ring (bicyclic) bond motifs is 1. The number of ether oxygens (including phenoxy) is 1. The smallest absolute Gasteiger partial charge is 0.410 e. The summed E-state index contributed by atoms with van der Waals surface area (Å²) >= 11 is 0. The summed E-state index contributed by atoms with van der Waals surface area (Å²) in [6, 6.07) is 8.72. The molecule has 3 aromatic rings. The molecule has 0 aliphatic carbocycles. The molecule has 0 radical (unpaired) electrons. The molecule has 0 bridgehead atoms. The highest BCUT2D eigenvalue weighted by Gasteiger charge is 2.23. The monoisotopic (exact) mass is 285 g/mol. The SMILES string of the molecule is Nc1ccc(COc2c([N+](=O)[O-])ncc3ccoc23)cc1. The van der Waals surface area contributed by atoms with Crippen LogP contribution in [-0.4, -0.2) is 9.91 Å². The van der Waals surface area contributed by atoms with E-state index in [4.69, 9.17) is 14.9 Å². The van der Waals surface area contributed by atoms with Gasteiger partial charge in [0.2, 0.25) is 0 Å². The van der Waals surface area contributed by atoms with E-state index < -0.39 is 4.92 Å². The fourth-order valence-corrected chi connectivity index (χ4v) is 1.93. The summed E-state index contributed by atoms with van der Waals surface area (Å²) in [7, 11) is 0. The van der Waals surface area contributed by atoms with Gasteiger partial charge in [0, 0.05) is 5.69 Å². The summed E-state index contributed by atoms with van der Waals surface area (Å²) in [5, 5.41) is 11.7. The van der Waals surface area contributed by atoms with E-state index >= 15 is 0 Å². The third-order valence-corrected chi connectivity index (χ3v) is 2.97. The van der Waals surface area contributed by atoms with Gasteiger partial charge in [-0.3, -0.25) is 0 Å². The number of pyridine rings is 1. The molecule has 3 rings (SSSR count). The summed E-state index contributed by atoms with van der Waals surface area (Å²) < 4.78 is 10.8. The number of nitro groups is 1. The van der Waals surface area contributed by atoms with Gasteiger partial charge in [-0.25, -0.2) is 0 Å². The minimum atomic E-state index is -0.597. The summed E-state index contributed by atoms with van der Waals surface area (Å²) in [5.74, 6) is -0.341. The van der Waals surface area contributed by atoms with Crippen molar-refractivity contribution in [1.29, 1.82) is 0 Å². The van der Waals surface area contributed by atoms with Gasteiger partial charge in [-0.15, -0.1) is 0 Å². The fourth-order valence-electron chi connectivity index (χ4n) is 1.93. The summed E-state index contributed by atoms with van der Waals surface area (Å²) in [5.41, 5.74) is 7.39. The first kappa shape index (κ1) is 12.9. The second-order valence-corrected chi connectivity index (χ2v) is 4.40. The molecule has 21 heavy (non-hydrogen) atoms. The molecule has 0 fully saturated rings. The lowest BCUT2D eigenvalue weighted by atomic mass is 10.2. The lowest BCUT2D eigenvalue weighted by Crippen LogP contribution is -2.01. The molecule has 0 amide bonds. The number of hydrogen-bond donors (Lipinski definition) is 1. The number of benzene rings is 1. The van der Waals surface area contributed by atoms with Gasteiger partial charge in [0.25, 0.3) is 5.75 Å². The Morgan fingerprint density at radius 1 is 1.29 bits per heavy atom. The maximum absolute atomic E-state index is 11.0. The third kappa shape index (κ3) is 2.48. The van der Waals surface area contributed by atoms with E-state index in [9.17, 15) is 10.1 Å². The number of nitrogens with two attached hydrogens (primary N) is 1. The largest absolute Gasteiger partial charge is 0.478 e. The Labute approximate surface area is 119 Å². The average molecular weight is 285 g/mol. The zero-order valence-corrected chi connectivity index (χ0v) is 10.9. The molecule has 2 aromatic heterocycles. The number of anilines is 1. The summed E-state index contributed by atoms with van der Waals surface area (Å²) in [4.78, 5) is 14.3. The van der Waals surface area contributed by atoms with Gasteiger partial charge in [0.1, 0.15) is 6.61 Å². The van der Waals surface area contributed by atoms with Crippen molar-refractivity contribution in [3.63, 3.8) is 0 Å². The molecule has 7 nitrogen and oxygen atoms in total. The van der Waals surface area contributed by atoms with Gasteiger partial charge in [0.15, 0.2) is 11.8 Å². The van der Waals surface area contributed by atoms with Crippen LogP contribution in [-0.2, 0) is 6.61 Å². The van der Waals surface area contributed by atoms with Gasteiger partial charge in [-0.1, -0.05) is 12.1 Å². The second-order valence-electron chi connectivity index (χ2n) is 4.40. The van der Waals surface area contributed by atoms with Crippen molar-refractivity contribution in [3.8, 4) is 5.75 Å². The minimum Gasteiger partial charge on any atom is -0.478 e. The van der Waals surface area contributed by atoms with E-state index in [2.05, 4.69) is 4.98 Å². The predicted molar refractivity (Wildman–Crippen MR) is 75.8 cm³/mol. The van der Waals surface area contributed by atoms with Crippen LogP contribution in [0.4, 0.5) is 11.5 Å². The molecule has 2 heterocycles. The zero-order valence-electron chi connectivity index (χ0n) is 10.9. The van der Waals surface area contributed by atoms with Crippen LogP contribution in [0.5, 0.6) is 5.75 Å². The Hall–Kier alpha value is -3.09. The molecular formula is C14H11N3O4. The minimum absolute atomic E-state index is 0.0272. The van der Waals surface area contributed by atoms with Crippen molar-refractivity contribution in [2.45, 2.75) is 6.61 Å². The van der Waals surface area contributed by atoms with E-state index in [-0.39, 0.29) is 18.2 Å². The van der Waals surface area contributed by atoms with Crippen molar-refractivity contribution in [3.05, 3.63) is 58.5 Å². The second kappa shape index (κ2) is 5.12. The summed E-state index contributed by atoms with van der Waals surface area (Å²) in [6.07, 6.45) is 2.82. The first-order valence-corrected chi connectivity index (χ1v) is 6.13. The van der Waals surface area contributed by atoms with E-state index in [1.165, 1.54) is 12.5 Å². The zero-order chi connectivity index (χ0) is 14.8. The van der Waals surface area contributed by atoms with E-state index in [1.54, 1.807) is 30.3 Å². The number of furan rings is 1. The Balaban J connectivity index is 1.94. The number of nitrogens with zero attached hydrogens (tertiary/aromatic N) is 2. The number of rotatable bonds is 4. The molecular weight excluding hydrogens is 274 g/mol. The van der Waals surface area contributed by atoms with Gasteiger partial charge in [-0.2, -0.15) is 0 Å². The lowest BCUT2D eigenvalue weighted by Gasteiger charge is -2.07. The topological polar surface area (TPSA) is 104 Å². The predicted octanol–water partition coefficient (Wildman–Crippen LogP) is 2.90. The Kier molecular flexibility index (Phi) is 3.15. The molecule has 0 saturated heterocycles. The highest BCUT2D eigenvalue weighted by Crippen LogP contribution is 2.34. The quantitative estimate of drug-likeness (QED) is 0.449. The van der Waals surface area contributed by atoms with Crippen molar-refractivity contribution < 1.29 is 14.1 Å². The Morgan fingerprint density at radius 2 is 2.05 bits per heavy atom. The molecule has 0 aliphatic rings. The fraction of sp³-hybridized carbons (Fsp3) is 0.0714. The van der Waals surface area contributed by atoms with Crippen molar-refractivity contribution >= 4 is 22.5 Å². The van der Waals surface area contributed by atoms with Crippen LogP contribution in [0.3, 0.4) is 0 Å². The van der Waals surface area contributed by atoms with Gasteiger partial charge < -0.3 is 25.0 Å². The van der Waals surface area contributed by atoms with Crippen molar-refractivity contribution in [2.75, 3.05) is 5.73 Å². The average Bonchev–Trinajstić information content (AvgIpc) is 2.94. The molecule has 0 atom stereocenters. The van der Waals surface area contributed by atoms with Crippen LogP contribution in [0.1, 0.15) is 5.56 Å². The molecule has 0 aliphatic heterocycles. The van der Waals surface area contributed by atoms with Gasteiger partial charge in [0.05, 0.1) is 11.6 Å². The molecule has 0 unspecified atom stereocenters. The first-order chi connectivity index (χ1) is 10.1. The number of nitrogen functional groups attached to an aromatic ring is 1. The molecule has 106 valence electrons. The standard InChI is InChI=1S/C14H11N3O4/c15-11-3-1-9(2-4-11)8-21-13-12-10(5-6-20-12)7-16-14(13)17(18)19/h1-7H,8,15H2. The highest BCUT2D eigenvalue weighted by atomic mass is 16.6. The molecule has 0 spiro atoms.